The van der Waals surface area contributed by atoms with Crippen molar-refractivity contribution in [2.75, 3.05) is 18.6 Å². The molecule has 0 saturated carbocycles. The minimum Gasteiger partial charge on any atom is -0.469 e. The molecule has 1 atom stereocenters. The maximum Gasteiger partial charge on any atom is 0.227 e. The Morgan fingerprint density at radius 1 is 1.43 bits per heavy atom. The zero-order valence-corrected chi connectivity index (χ0v) is 13.1. The molecule has 0 aliphatic carbocycles. The third-order valence-electron chi connectivity index (χ3n) is 4.26. The van der Waals surface area contributed by atoms with E-state index in [4.69, 9.17) is 9.15 Å². The van der Waals surface area contributed by atoms with Gasteiger partial charge >= 0.3 is 0 Å². The van der Waals surface area contributed by atoms with Crippen LogP contribution in [0, 0.1) is 6.92 Å². The van der Waals surface area contributed by atoms with Crippen molar-refractivity contribution in [1.82, 2.24) is 14.8 Å². The lowest BCUT2D eigenvalue weighted by Gasteiger charge is -2.23. The van der Waals surface area contributed by atoms with Crippen LogP contribution in [0.5, 0.6) is 0 Å². The van der Waals surface area contributed by atoms with Crippen molar-refractivity contribution in [3.05, 3.63) is 29.5 Å². The van der Waals surface area contributed by atoms with Gasteiger partial charge in [0.2, 0.25) is 5.95 Å². The highest BCUT2D eigenvalue weighted by Gasteiger charge is 2.37. The number of aryl methyl sites for hydroxylation is 1. The predicted octanol–water partition coefficient (Wildman–Crippen LogP) is 2.38. The number of aromatic nitrogens is 3. The lowest BCUT2D eigenvalue weighted by molar-refractivity contribution is 0.00698. The number of rotatable bonds is 4. The van der Waals surface area contributed by atoms with Crippen LogP contribution in [0.1, 0.15) is 36.9 Å². The fraction of sp³-hybridized carbons (Fsp3) is 0.600. The molecule has 0 spiro atoms. The Morgan fingerprint density at radius 2 is 2.24 bits per heavy atom. The van der Waals surface area contributed by atoms with Crippen molar-refractivity contribution >= 4 is 5.95 Å². The molecule has 6 nitrogen and oxygen atoms in total. The Kier molecular flexibility index (Phi) is 3.49. The summed E-state index contributed by atoms with van der Waals surface area (Å²) in [4.78, 5) is 2.08. The van der Waals surface area contributed by atoms with Crippen molar-refractivity contribution in [2.45, 2.75) is 38.8 Å². The largest absolute Gasteiger partial charge is 0.469 e. The Balaban J connectivity index is 1.83. The molecule has 1 fully saturated rings. The van der Waals surface area contributed by atoms with E-state index in [0.29, 0.717) is 0 Å². The van der Waals surface area contributed by atoms with Crippen LogP contribution in [0.2, 0.25) is 0 Å². The van der Waals surface area contributed by atoms with Gasteiger partial charge in [0.15, 0.2) is 5.82 Å². The Hall–Kier alpha value is -1.82. The van der Waals surface area contributed by atoms with Crippen molar-refractivity contribution in [1.29, 1.82) is 0 Å². The SMILES string of the molecule is Cc1occc1CN(C)c1nnc([C@]2(C)CCCO2)n1C. The fourth-order valence-corrected chi connectivity index (χ4v) is 2.97. The van der Waals surface area contributed by atoms with Gasteiger partial charge in [0.05, 0.1) is 6.26 Å². The van der Waals surface area contributed by atoms with Crippen LogP contribution in [0.15, 0.2) is 16.7 Å². The molecule has 1 aliphatic heterocycles. The monoisotopic (exact) mass is 290 g/mol. The summed E-state index contributed by atoms with van der Waals surface area (Å²) in [5.74, 6) is 2.67. The molecular formula is C15H22N4O2. The summed E-state index contributed by atoms with van der Waals surface area (Å²) >= 11 is 0. The van der Waals surface area contributed by atoms with Gasteiger partial charge in [-0.1, -0.05) is 0 Å². The molecular weight excluding hydrogens is 268 g/mol. The molecule has 0 N–H and O–H groups in total. The van der Waals surface area contributed by atoms with Gasteiger partial charge in [-0.15, -0.1) is 10.2 Å². The van der Waals surface area contributed by atoms with E-state index in [1.807, 2.05) is 31.7 Å². The zero-order valence-electron chi connectivity index (χ0n) is 13.1. The highest BCUT2D eigenvalue weighted by Crippen LogP contribution is 2.35. The van der Waals surface area contributed by atoms with E-state index in [1.54, 1.807) is 6.26 Å². The third-order valence-corrected chi connectivity index (χ3v) is 4.26. The first-order valence-electron chi connectivity index (χ1n) is 7.29. The lowest BCUT2D eigenvalue weighted by atomic mass is 10.0. The summed E-state index contributed by atoms with van der Waals surface area (Å²) in [6, 6.07) is 1.99. The first kappa shape index (κ1) is 14.1. The number of hydrogen-bond acceptors (Lipinski definition) is 5. The molecule has 0 aromatic carbocycles. The molecule has 0 amide bonds. The molecule has 1 aliphatic rings. The van der Waals surface area contributed by atoms with Gasteiger partial charge in [-0.3, -0.25) is 4.57 Å². The summed E-state index contributed by atoms with van der Waals surface area (Å²) in [7, 11) is 4.01. The Labute approximate surface area is 124 Å². The standard InChI is InChI=1S/C15H22N4O2/c1-11-12(6-9-20-11)10-18(3)14-17-16-13(19(14)4)15(2)7-5-8-21-15/h6,9H,5,7-8,10H2,1-4H3/t15-/m0/s1. The van der Waals surface area contributed by atoms with Gasteiger partial charge in [0, 0.05) is 32.8 Å². The molecule has 1 saturated heterocycles. The zero-order chi connectivity index (χ0) is 15.0. The topological polar surface area (TPSA) is 56.3 Å². The van der Waals surface area contributed by atoms with Crippen molar-refractivity contribution in [3.63, 3.8) is 0 Å². The average molecular weight is 290 g/mol. The van der Waals surface area contributed by atoms with Crippen molar-refractivity contribution < 1.29 is 9.15 Å². The Morgan fingerprint density at radius 3 is 2.86 bits per heavy atom. The molecule has 6 heteroatoms. The van der Waals surface area contributed by atoms with E-state index in [1.165, 1.54) is 0 Å². The van der Waals surface area contributed by atoms with Crippen LogP contribution in [0.25, 0.3) is 0 Å². The predicted molar refractivity (Wildman–Crippen MR) is 79.1 cm³/mol. The van der Waals surface area contributed by atoms with E-state index >= 15 is 0 Å². The summed E-state index contributed by atoms with van der Waals surface area (Å²) in [6.45, 7) is 5.60. The van der Waals surface area contributed by atoms with Gasteiger partial charge in [-0.05, 0) is 32.8 Å². The van der Waals surface area contributed by atoms with Crippen LogP contribution in [0.4, 0.5) is 5.95 Å². The lowest BCUT2D eigenvalue weighted by Crippen LogP contribution is -2.26. The highest BCUT2D eigenvalue weighted by molar-refractivity contribution is 5.33. The second-order valence-electron chi connectivity index (χ2n) is 5.92. The molecule has 0 radical (unpaired) electrons. The van der Waals surface area contributed by atoms with E-state index in [0.717, 1.165) is 49.1 Å². The second kappa shape index (κ2) is 5.18. The maximum absolute atomic E-state index is 5.87. The van der Waals surface area contributed by atoms with Crippen LogP contribution in [0.3, 0.4) is 0 Å². The summed E-state index contributed by atoms with van der Waals surface area (Å²) in [5.41, 5.74) is 0.845. The number of nitrogens with zero attached hydrogens (tertiary/aromatic N) is 4. The molecule has 0 bridgehead atoms. The molecule has 2 aromatic rings. The number of anilines is 1. The van der Waals surface area contributed by atoms with Gasteiger partial charge in [0.1, 0.15) is 11.4 Å². The van der Waals surface area contributed by atoms with Gasteiger partial charge < -0.3 is 14.1 Å². The summed E-state index contributed by atoms with van der Waals surface area (Å²) in [6.07, 6.45) is 3.78. The van der Waals surface area contributed by atoms with Crippen molar-refractivity contribution in [2.24, 2.45) is 7.05 Å². The van der Waals surface area contributed by atoms with Crippen LogP contribution in [-0.4, -0.2) is 28.4 Å². The number of hydrogen-bond donors (Lipinski definition) is 0. The van der Waals surface area contributed by atoms with E-state index in [2.05, 4.69) is 22.0 Å². The van der Waals surface area contributed by atoms with E-state index in [9.17, 15) is 0 Å². The van der Waals surface area contributed by atoms with E-state index in [-0.39, 0.29) is 5.60 Å². The minimum absolute atomic E-state index is 0.313. The average Bonchev–Trinajstić information content (AvgIpc) is 3.13. The van der Waals surface area contributed by atoms with Gasteiger partial charge in [-0.2, -0.15) is 0 Å². The Bertz CT molecular complexity index is 625. The second-order valence-corrected chi connectivity index (χ2v) is 5.92. The molecule has 21 heavy (non-hydrogen) atoms. The first-order chi connectivity index (χ1) is 10.0. The normalized spacial score (nSPS) is 21.9. The van der Waals surface area contributed by atoms with Crippen molar-refractivity contribution in [3.8, 4) is 0 Å². The summed E-state index contributed by atoms with van der Waals surface area (Å²) < 4.78 is 13.2. The summed E-state index contributed by atoms with van der Waals surface area (Å²) in [5, 5.41) is 8.71. The fourth-order valence-electron chi connectivity index (χ4n) is 2.97. The minimum atomic E-state index is -0.313. The highest BCUT2D eigenvalue weighted by atomic mass is 16.5. The van der Waals surface area contributed by atoms with E-state index < -0.39 is 0 Å². The number of furan rings is 1. The van der Waals surface area contributed by atoms with Gasteiger partial charge in [0.25, 0.3) is 0 Å². The maximum atomic E-state index is 5.87. The smallest absolute Gasteiger partial charge is 0.227 e. The quantitative estimate of drug-likeness (QED) is 0.865. The number of ether oxygens (including phenoxy) is 1. The molecule has 2 aromatic heterocycles. The molecule has 114 valence electrons. The van der Waals surface area contributed by atoms with Crippen LogP contribution >= 0.6 is 0 Å². The molecule has 3 rings (SSSR count). The molecule has 0 unspecified atom stereocenters. The van der Waals surface area contributed by atoms with Crippen LogP contribution in [-0.2, 0) is 23.9 Å². The first-order valence-corrected chi connectivity index (χ1v) is 7.29. The molecule has 3 heterocycles. The van der Waals surface area contributed by atoms with Gasteiger partial charge in [-0.25, -0.2) is 0 Å². The van der Waals surface area contributed by atoms with Crippen LogP contribution < -0.4 is 4.90 Å². The third kappa shape index (κ3) is 2.44.